The van der Waals surface area contributed by atoms with Crippen molar-refractivity contribution < 1.29 is 22.7 Å². The van der Waals surface area contributed by atoms with Crippen molar-refractivity contribution in [1.29, 1.82) is 5.26 Å². The SMILES string of the molecule is N#Cc1ccc2c(C(O)(CCCc3ccsc3)C(F)(F)F)cn(Cc3cccc(CF)c3)c2c1. The van der Waals surface area contributed by atoms with Crippen molar-refractivity contribution in [3.05, 3.63) is 93.3 Å². The number of aromatic nitrogens is 1. The minimum atomic E-state index is -4.90. The molecule has 0 saturated heterocycles. The number of hydrogen-bond acceptors (Lipinski definition) is 3. The van der Waals surface area contributed by atoms with E-state index in [9.17, 15) is 27.9 Å². The summed E-state index contributed by atoms with van der Waals surface area (Å²) in [5, 5.41) is 24.4. The van der Waals surface area contributed by atoms with Crippen LogP contribution in [-0.2, 0) is 25.2 Å². The summed E-state index contributed by atoms with van der Waals surface area (Å²) in [4.78, 5) is 0. The van der Waals surface area contributed by atoms with Gasteiger partial charge in [0, 0.05) is 23.7 Å². The summed E-state index contributed by atoms with van der Waals surface area (Å²) >= 11 is 1.47. The molecule has 4 aromatic rings. The third kappa shape index (κ3) is 4.72. The van der Waals surface area contributed by atoms with E-state index in [-0.39, 0.29) is 23.9 Å². The highest BCUT2D eigenvalue weighted by molar-refractivity contribution is 7.07. The molecule has 2 heterocycles. The van der Waals surface area contributed by atoms with E-state index in [1.54, 1.807) is 28.8 Å². The van der Waals surface area contributed by atoms with Gasteiger partial charge in [0.15, 0.2) is 5.60 Å². The fourth-order valence-electron chi connectivity index (χ4n) is 4.24. The first-order valence-corrected chi connectivity index (χ1v) is 11.7. The summed E-state index contributed by atoms with van der Waals surface area (Å²) in [5.74, 6) is 0. The van der Waals surface area contributed by atoms with Gasteiger partial charge in [0.1, 0.15) is 6.67 Å². The highest BCUT2D eigenvalue weighted by Gasteiger charge is 2.55. The first-order valence-electron chi connectivity index (χ1n) is 10.7. The molecular formula is C26H22F4N2OS. The van der Waals surface area contributed by atoms with Crippen LogP contribution in [0.25, 0.3) is 10.9 Å². The maximum atomic E-state index is 14.3. The second kappa shape index (κ2) is 9.61. The third-order valence-corrected chi connectivity index (χ3v) is 6.74. The van der Waals surface area contributed by atoms with Crippen molar-refractivity contribution in [2.24, 2.45) is 0 Å². The summed E-state index contributed by atoms with van der Waals surface area (Å²) in [6.45, 7) is -0.482. The molecule has 34 heavy (non-hydrogen) atoms. The molecule has 0 saturated carbocycles. The standard InChI is InChI=1S/C26H22F4N2OS/c27-13-19-3-1-4-21(11-19)15-32-16-23(22-7-6-20(14-31)12-24(22)32)25(33,26(28,29)30)9-2-5-18-8-10-34-17-18/h1,3-4,6-8,10-12,16-17,33H,2,5,9,13,15H2. The number of halogens is 4. The van der Waals surface area contributed by atoms with Gasteiger partial charge in [0.2, 0.25) is 0 Å². The lowest BCUT2D eigenvalue weighted by Crippen LogP contribution is -2.42. The topological polar surface area (TPSA) is 48.9 Å². The molecule has 176 valence electrons. The number of aliphatic hydroxyl groups is 1. The smallest absolute Gasteiger partial charge is 0.376 e. The van der Waals surface area contributed by atoms with Gasteiger partial charge < -0.3 is 9.67 Å². The van der Waals surface area contributed by atoms with Crippen LogP contribution in [0, 0.1) is 11.3 Å². The Bertz CT molecular complexity index is 1320. The van der Waals surface area contributed by atoms with Crippen LogP contribution in [0.1, 0.15) is 40.7 Å². The highest BCUT2D eigenvalue weighted by atomic mass is 32.1. The average molecular weight is 487 g/mol. The molecule has 0 spiro atoms. The van der Waals surface area contributed by atoms with Crippen molar-refractivity contribution in [2.45, 2.75) is 44.3 Å². The molecule has 2 aromatic heterocycles. The van der Waals surface area contributed by atoms with Crippen molar-refractivity contribution in [3.63, 3.8) is 0 Å². The monoisotopic (exact) mass is 486 g/mol. The predicted molar refractivity (Wildman–Crippen MR) is 124 cm³/mol. The van der Waals surface area contributed by atoms with E-state index in [1.807, 2.05) is 22.9 Å². The Morgan fingerprint density at radius 1 is 1.03 bits per heavy atom. The summed E-state index contributed by atoms with van der Waals surface area (Å²) in [6, 6.07) is 15.0. The number of fused-ring (bicyclic) bond motifs is 1. The van der Waals surface area contributed by atoms with E-state index in [0.29, 0.717) is 28.6 Å². The first kappa shape index (κ1) is 24.0. The number of nitriles is 1. The Hall–Kier alpha value is -3.15. The molecule has 3 nitrogen and oxygen atoms in total. The van der Waals surface area contributed by atoms with Crippen LogP contribution in [0.3, 0.4) is 0 Å². The van der Waals surface area contributed by atoms with Crippen LogP contribution in [0.4, 0.5) is 17.6 Å². The zero-order valence-electron chi connectivity index (χ0n) is 18.1. The third-order valence-electron chi connectivity index (χ3n) is 6.01. The number of hydrogen-bond donors (Lipinski definition) is 1. The maximum Gasteiger partial charge on any atom is 0.421 e. The lowest BCUT2D eigenvalue weighted by molar-refractivity contribution is -0.269. The summed E-state index contributed by atoms with van der Waals surface area (Å²) in [7, 11) is 0. The number of thiophene rings is 1. The Morgan fingerprint density at radius 3 is 2.50 bits per heavy atom. The molecule has 1 atom stereocenters. The van der Waals surface area contributed by atoms with E-state index < -0.39 is 24.9 Å². The predicted octanol–water partition coefficient (Wildman–Crippen LogP) is 6.87. The van der Waals surface area contributed by atoms with Crippen LogP contribution >= 0.6 is 11.3 Å². The van der Waals surface area contributed by atoms with Gasteiger partial charge in [0.25, 0.3) is 0 Å². The van der Waals surface area contributed by atoms with Gasteiger partial charge in [-0.2, -0.15) is 29.8 Å². The summed E-state index contributed by atoms with van der Waals surface area (Å²) in [6.07, 6.45) is -3.51. The Kier molecular flexibility index (Phi) is 6.78. The molecule has 0 aliphatic heterocycles. The van der Waals surface area contributed by atoms with E-state index in [1.165, 1.54) is 35.7 Å². The van der Waals surface area contributed by atoms with E-state index in [2.05, 4.69) is 0 Å². The molecule has 1 unspecified atom stereocenters. The van der Waals surface area contributed by atoms with Crippen LogP contribution in [0.15, 0.2) is 65.5 Å². The van der Waals surface area contributed by atoms with E-state index in [4.69, 9.17) is 0 Å². The van der Waals surface area contributed by atoms with Gasteiger partial charge in [-0.1, -0.05) is 30.3 Å². The molecule has 2 aromatic carbocycles. The minimum absolute atomic E-state index is 0.147. The Balaban J connectivity index is 1.78. The first-order chi connectivity index (χ1) is 16.2. The van der Waals surface area contributed by atoms with Gasteiger partial charge >= 0.3 is 6.18 Å². The van der Waals surface area contributed by atoms with Crippen LogP contribution in [0.5, 0.6) is 0 Å². The highest BCUT2D eigenvalue weighted by Crippen LogP contribution is 2.46. The molecule has 1 N–H and O–H groups in total. The van der Waals surface area contributed by atoms with Crippen molar-refractivity contribution >= 4 is 22.2 Å². The van der Waals surface area contributed by atoms with Gasteiger partial charge in [-0.3, -0.25) is 0 Å². The normalized spacial score (nSPS) is 13.6. The molecule has 0 fully saturated rings. The number of rotatable bonds is 8. The number of aryl methyl sites for hydroxylation is 1. The van der Waals surface area contributed by atoms with Crippen LogP contribution < -0.4 is 0 Å². The van der Waals surface area contributed by atoms with Crippen molar-refractivity contribution in [3.8, 4) is 6.07 Å². The number of benzene rings is 2. The lowest BCUT2D eigenvalue weighted by Gasteiger charge is -2.30. The molecule has 0 aliphatic rings. The lowest BCUT2D eigenvalue weighted by atomic mass is 9.87. The molecular weight excluding hydrogens is 464 g/mol. The molecule has 4 rings (SSSR count). The molecule has 0 radical (unpaired) electrons. The summed E-state index contributed by atoms with van der Waals surface area (Å²) < 4.78 is 57.6. The minimum Gasteiger partial charge on any atom is -0.376 e. The number of nitrogens with zero attached hydrogens (tertiary/aromatic N) is 2. The largest absolute Gasteiger partial charge is 0.421 e. The van der Waals surface area contributed by atoms with Gasteiger partial charge in [-0.25, -0.2) is 4.39 Å². The number of alkyl halides is 4. The quantitative estimate of drug-likeness (QED) is 0.277. The van der Waals surface area contributed by atoms with E-state index >= 15 is 0 Å². The second-order valence-electron chi connectivity index (χ2n) is 8.31. The maximum absolute atomic E-state index is 14.3. The fraction of sp³-hybridized carbons (Fsp3) is 0.269. The van der Waals surface area contributed by atoms with Crippen LogP contribution in [0.2, 0.25) is 0 Å². The van der Waals surface area contributed by atoms with Gasteiger partial charge in [-0.05, 0) is 64.9 Å². The van der Waals surface area contributed by atoms with E-state index in [0.717, 1.165) is 5.56 Å². The summed E-state index contributed by atoms with van der Waals surface area (Å²) in [5.41, 5.74) is -0.499. The van der Waals surface area contributed by atoms with Crippen LogP contribution in [-0.4, -0.2) is 15.8 Å². The average Bonchev–Trinajstić information content (AvgIpc) is 3.46. The molecule has 0 amide bonds. The zero-order valence-corrected chi connectivity index (χ0v) is 19.0. The molecule has 0 aliphatic carbocycles. The fourth-order valence-corrected chi connectivity index (χ4v) is 4.95. The van der Waals surface area contributed by atoms with Crippen molar-refractivity contribution in [1.82, 2.24) is 4.57 Å². The van der Waals surface area contributed by atoms with Gasteiger partial charge in [0.05, 0.1) is 17.1 Å². The molecule has 8 heteroatoms. The zero-order chi connectivity index (χ0) is 24.3. The van der Waals surface area contributed by atoms with Crippen molar-refractivity contribution in [2.75, 3.05) is 0 Å². The second-order valence-corrected chi connectivity index (χ2v) is 9.09. The van der Waals surface area contributed by atoms with Gasteiger partial charge in [-0.15, -0.1) is 0 Å². The Labute approximate surface area is 198 Å². The molecule has 0 bridgehead atoms. The Morgan fingerprint density at radius 2 is 1.82 bits per heavy atom.